The van der Waals surface area contributed by atoms with Gasteiger partial charge in [-0.2, -0.15) is 5.26 Å². The first-order valence-corrected chi connectivity index (χ1v) is 9.00. The summed E-state index contributed by atoms with van der Waals surface area (Å²) in [6.45, 7) is 7.24. The highest BCUT2D eigenvalue weighted by molar-refractivity contribution is 5.87. The summed E-state index contributed by atoms with van der Waals surface area (Å²) in [5.74, 6) is 0.996. The molecule has 1 aliphatic heterocycles. The van der Waals surface area contributed by atoms with Crippen molar-refractivity contribution < 1.29 is 9.53 Å². The molecule has 0 radical (unpaired) electrons. The van der Waals surface area contributed by atoms with Crippen LogP contribution in [0.5, 0.6) is 5.75 Å². The molecule has 0 spiro atoms. The lowest BCUT2D eigenvalue weighted by molar-refractivity contribution is 0.115. The van der Waals surface area contributed by atoms with E-state index >= 15 is 0 Å². The van der Waals surface area contributed by atoms with Crippen molar-refractivity contribution in [1.29, 1.82) is 5.26 Å². The zero-order valence-electron chi connectivity index (χ0n) is 15.8. The quantitative estimate of drug-likeness (QED) is 0.898. The number of nitriles is 1. The van der Waals surface area contributed by atoms with Gasteiger partial charge in [-0.15, -0.1) is 5.10 Å². The molecule has 8 heteroatoms. The number of rotatable bonds is 3. The van der Waals surface area contributed by atoms with E-state index < -0.39 is 0 Å². The molecule has 1 aromatic carbocycles. The largest absolute Gasteiger partial charge is 0.490 e. The van der Waals surface area contributed by atoms with Gasteiger partial charge >= 0.3 is 6.03 Å². The molecule has 27 heavy (non-hydrogen) atoms. The molecule has 0 aliphatic carbocycles. The van der Waals surface area contributed by atoms with E-state index in [2.05, 4.69) is 21.5 Å². The van der Waals surface area contributed by atoms with Gasteiger partial charge in [0, 0.05) is 25.9 Å². The molecule has 0 unspecified atom stereocenters. The van der Waals surface area contributed by atoms with E-state index in [1.807, 2.05) is 26.8 Å². The Morgan fingerprint density at radius 2 is 2.07 bits per heavy atom. The fraction of sp³-hybridized carbons (Fsp3) is 0.474. The van der Waals surface area contributed by atoms with Crippen LogP contribution in [0.1, 0.15) is 39.2 Å². The average molecular weight is 368 g/mol. The van der Waals surface area contributed by atoms with Crippen molar-refractivity contribution in [3.8, 4) is 11.8 Å². The number of benzene rings is 1. The molecule has 2 aromatic rings. The third-order valence-corrected chi connectivity index (χ3v) is 4.39. The van der Waals surface area contributed by atoms with Gasteiger partial charge in [-0.3, -0.25) is 5.32 Å². The topological polar surface area (TPSA) is 96.1 Å². The molecule has 1 saturated heterocycles. The molecule has 2 amide bonds. The third-order valence-electron chi connectivity index (χ3n) is 4.39. The van der Waals surface area contributed by atoms with Crippen molar-refractivity contribution in [3.05, 3.63) is 36.2 Å². The Labute approximate surface area is 158 Å². The fourth-order valence-electron chi connectivity index (χ4n) is 2.83. The number of carbonyl (C=O) groups excluding carboxylic acids is 1. The molecule has 0 saturated carbocycles. The van der Waals surface area contributed by atoms with Gasteiger partial charge in [0.1, 0.15) is 18.2 Å². The molecule has 1 aromatic heterocycles. The van der Waals surface area contributed by atoms with Crippen LogP contribution in [0.3, 0.4) is 0 Å². The normalized spacial score (nSPS) is 15.3. The van der Waals surface area contributed by atoms with Crippen LogP contribution >= 0.6 is 0 Å². The number of anilines is 1. The summed E-state index contributed by atoms with van der Waals surface area (Å²) in [4.78, 5) is 18.3. The van der Waals surface area contributed by atoms with Crippen LogP contribution in [-0.4, -0.2) is 44.9 Å². The number of hydrogen-bond donors (Lipinski definition) is 1. The van der Waals surface area contributed by atoms with Crippen molar-refractivity contribution in [2.45, 2.75) is 45.3 Å². The minimum absolute atomic E-state index is 0.0289. The second-order valence-electron chi connectivity index (χ2n) is 7.56. The molecule has 1 aliphatic rings. The Morgan fingerprint density at radius 1 is 1.33 bits per heavy atom. The Balaban J connectivity index is 1.50. The van der Waals surface area contributed by atoms with Crippen LogP contribution in [0.2, 0.25) is 0 Å². The lowest BCUT2D eigenvalue weighted by Crippen LogP contribution is -2.44. The van der Waals surface area contributed by atoms with E-state index in [-0.39, 0.29) is 17.7 Å². The van der Waals surface area contributed by atoms with Crippen molar-refractivity contribution in [2.24, 2.45) is 0 Å². The number of piperidine rings is 1. The van der Waals surface area contributed by atoms with Gasteiger partial charge in [0.15, 0.2) is 0 Å². The first kappa shape index (κ1) is 18.7. The number of aromatic nitrogens is 3. The van der Waals surface area contributed by atoms with Gasteiger partial charge in [0.2, 0.25) is 5.95 Å². The van der Waals surface area contributed by atoms with Gasteiger partial charge in [-0.1, -0.05) is 6.07 Å². The highest BCUT2D eigenvalue weighted by Crippen LogP contribution is 2.20. The Morgan fingerprint density at radius 3 is 2.70 bits per heavy atom. The first-order chi connectivity index (χ1) is 12.8. The molecule has 142 valence electrons. The number of urea groups is 1. The standard InChI is InChI=1S/C19H24N6O2/c1-19(2,3)25-13-21-17(23-25)22-18(26)24-9-7-15(8-10-24)27-16-6-4-5-14(11-16)12-20/h4-6,11,13,15H,7-10H2,1-3H3,(H,22,23,26). The predicted octanol–water partition coefficient (Wildman–Crippen LogP) is 2.98. The van der Waals surface area contributed by atoms with Gasteiger partial charge in [-0.25, -0.2) is 14.5 Å². The van der Waals surface area contributed by atoms with E-state index in [0.29, 0.717) is 30.4 Å². The molecule has 3 rings (SSSR count). The summed E-state index contributed by atoms with van der Waals surface area (Å²) in [6, 6.07) is 9.03. The smallest absolute Gasteiger partial charge is 0.324 e. The Bertz CT molecular complexity index is 840. The number of amides is 2. The minimum Gasteiger partial charge on any atom is -0.490 e. The minimum atomic E-state index is -0.202. The van der Waals surface area contributed by atoms with E-state index in [1.54, 1.807) is 34.1 Å². The first-order valence-electron chi connectivity index (χ1n) is 9.00. The lowest BCUT2D eigenvalue weighted by Gasteiger charge is -2.31. The molecular formula is C19H24N6O2. The van der Waals surface area contributed by atoms with Crippen molar-refractivity contribution >= 4 is 12.0 Å². The number of nitrogens with zero attached hydrogens (tertiary/aromatic N) is 5. The van der Waals surface area contributed by atoms with Crippen LogP contribution in [0.15, 0.2) is 30.6 Å². The molecule has 0 atom stereocenters. The van der Waals surface area contributed by atoms with E-state index in [1.165, 1.54) is 0 Å². The van der Waals surface area contributed by atoms with E-state index in [4.69, 9.17) is 10.00 Å². The van der Waals surface area contributed by atoms with E-state index in [9.17, 15) is 4.79 Å². The highest BCUT2D eigenvalue weighted by Gasteiger charge is 2.25. The predicted molar refractivity (Wildman–Crippen MR) is 100 cm³/mol. The SMILES string of the molecule is CC(C)(C)n1cnc(NC(=O)N2CCC(Oc3cccc(C#N)c3)CC2)n1. The summed E-state index contributed by atoms with van der Waals surface area (Å²) in [5, 5.41) is 16.0. The van der Waals surface area contributed by atoms with Crippen LogP contribution in [0, 0.1) is 11.3 Å². The van der Waals surface area contributed by atoms with Crippen LogP contribution in [0.4, 0.5) is 10.7 Å². The van der Waals surface area contributed by atoms with Gasteiger partial charge in [-0.05, 0) is 39.0 Å². The van der Waals surface area contributed by atoms with Crippen molar-refractivity contribution in [1.82, 2.24) is 19.7 Å². The summed E-state index contributed by atoms with van der Waals surface area (Å²) in [6.07, 6.45) is 3.11. The van der Waals surface area contributed by atoms with Crippen LogP contribution in [0.25, 0.3) is 0 Å². The Hall–Kier alpha value is -3.08. The molecule has 2 heterocycles. The molecule has 8 nitrogen and oxygen atoms in total. The summed E-state index contributed by atoms with van der Waals surface area (Å²) in [7, 11) is 0. The van der Waals surface area contributed by atoms with Crippen molar-refractivity contribution in [2.75, 3.05) is 18.4 Å². The van der Waals surface area contributed by atoms with Crippen LogP contribution < -0.4 is 10.1 Å². The molecule has 0 bridgehead atoms. The van der Waals surface area contributed by atoms with E-state index in [0.717, 1.165) is 12.8 Å². The molecule has 1 N–H and O–H groups in total. The maximum Gasteiger partial charge on any atom is 0.324 e. The summed E-state index contributed by atoms with van der Waals surface area (Å²) < 4.78 is 7.67. The number of carbonyl (C=O) groups is 1. The second-order valence-corrected chi connectivity index (χ2v) is 7.56. The monoisotopic (exact) mass is 368 g/mol. The highest BCUT2D eigenvalue weighted by atomic mass is 16.5. The van der Waals surface area contributed by atoms with Gasteiger partial charge in [0.25, 0.3) is 0 Å². The zero-order chi connectivity index (χ0) is 19.4. The third kappa shape index (κ3) is 4.76. The van der Waals surface area contributed by atoms with Crippen molar-refractivity contribution in [3.63, 3.8) is 0 Å². The number of likely N-dealkylation sites (tertiary alicyclic amines) is 1. The summed E-state index contributed by atoms with van der Waals surface area (Å²) >= 11 is 0. The maximum absolute atomic E-state index is 12.4. The van der Waals surface area contributed by atoms with Gasteiger partial charge < -0.3 is 9.64 Å². The van der Waals surface area contributed by atoms with Crippen LogP contribution in [-0.2, 0) is 5.54 Å². The zero-order valence-corrected chi connectivity index (χ0v) is 15.8. The summed E-state index contributed by atoms with van der Waals surface area (Å²) in [5.41, 5.74) is 0.389. The fourth-order valence-corrected chi connectivity index (χ4v) is 2.83. The average Bonchev–Trinajstić information content (AvgIpc) is 3.11. The molecular weight excluding hydrogens is 344 g/mol. The Kier molecular flexibility index (Phi) is 5.31. The second kappa shape index (κ2) is 7.66. The lowest BCUT2D eigenvalue weighted by atomic mass is 10.1. The molecule has 1 fully saturated rings. The number of ether oxygens (including phenoxy) is 1. The number of nitrogens with one attached hydrogen (secondary N) is 1. The number of hydrogen-bond acceptors (Lipinski definition) is 5. The maximum atomic E-state index is 12.4. The van der Waals surface area contributed by atoms with Gasteiger partial charge in [0.05, 0.1) is 17.2 Å².